The predicted octanol–water partition coefficient (Wildman–Crippen LogP) is 2.21. The SMILES string of the molecule is CCOC(=O)C1=C(COC(=O)C2CCC2)NC(=O)N[C@@H]1c1ccc(OC)cc1. The van der Waals surface area contributed by atoms with E-state index in [2.05, 4.69) is 10.6 Å². The van der Waals surface area contributed by atoms with Crippen LogP contribution in [0, 0.1) is 5.92 Å². The minimum atomic E-state index is -0.726. The summed E-state index contributed by atoms with van der Waals surface area (Å²) in [5, 5.41) is 5.32. The first-order valence-electron chi connectivity index (χ1n) is 9.31. The first-order valence-corrected chi connectivity index (χ1v) is 9.31. The molecule has 1 aromatic carbocycles. The Morgan fingerprint density at radius 2 is 1.86 bits per heavy atom. The molecule has 2 aliphatic rings. The highest BCUT2D eigenvalue weighted by Gasteiger charge is 2.35. The van der Waals surface area contributed by atoms with E-state index in [1.54, 1.807) is 38.3 Å². The fourth-order valence-electron chi connectivity index (χ4n) is 3.13. The Hall–Kier alpha value is -3.03. The molecule has 1 atom stereocenters. The topological polar surface area (TPSA) is 103 Å². The molecule has 1 saturated carbocycles. The van der Waals surface area contributed by atoms with Crippen LogP contribution in [0.4, 0.5) is 4.79 Å². The summed E-state index contributed by atoms with van der Waals surface area (Å²) in [6.07, 6.45) is 2.63. The van der Waals surface area contributed by atoms with Crippen LogP contribution in [0.25, 0.3) is 0 Å². The van der Waals surface area contributed by atoms with Gasteiger partial charge in [-0.2, -0.15) is 0 Å². The van der Waals surface area contributed by atoms with Gasteiger partial charge in [0.05, 0.1) is 36.9 Å². The summed E-state index contributed by atoms with van der Waals surface area (Å²) in [7, 11) is 1.56. The van der Waals surface area contributed by atoms with Crippen molar-refractivity contribution in [3.05, 3.63) is 41.1 Å². The second kappa shape index (κ2) is 8.77. The Kier molecular flexibility index (Phi) is 6.18. The molecule has 0 bridgehead atoms. The van der Waals surface area contributed by atoms with Gasteiger partial charge in [-0.1, -0.05) is 18.6 Å². The fraction of sp³-hybridized carbons (Fsp3) is 0.450. The molecule has 150 valence electrons. The van der Waals surface area contributed by atoms with Crippen molar-refractivity contribution in [2.45, 2.75) is 32.2 Å². The molecule has 1 heterocycles. The summed E-state index contributed by atoms with van der Waals surface area (Å²) in [5.41, 5.74) is 1.13. The number of benzene rings is 1. The Labute approximate surface area is 163 Å². The van der Waals surface area contributed by atoms with Crippen LogP contribution in [0.5, 0.6) is 5.75 Å². The van der Waals surface area contributed by atoms with Crippen molar-refractivity contribution in [2.24, 2.45) is 5.92 Å². The monoisotopic (exact) mass is 388 g/mol. The summed E-state index contributed by atoms with van der Waals surface area (Å²) in [6, 6.07) is 5.78. The van der Waals surface area contributed by atoms with Crippen molar-refractivity contribution in [3.63, 3.8) is 0 Å². The van der Waals surface area contributed by atoms with Crippen molar-refractivity contribution in [1.29, 1.82) is 0 Å². The summed E-state index contributed by atoms with van der Waals surface area (Å²) in [6.45, 7) is 1.69. The molecule has 2 amide bonds. The molecule has 1 fully saturated rings. The molecule has 0 aromatic heterocycles. The van der Waals surface area contributed by atoms with Gasteiger partial charge in [0.15, 0.2) is 0 Å². The lowest BCUT2D eigenvalue weighted by Crippen LogP contribution is -2.47. The molecule has 0 saturated heterocycles. The van der Waals surface area contributed by atoms with Crippen LogP contribution in [0.2, 0.25) is 0 Å². The van der Waals surface area contributed by atoms with E-state index in [0.29, 0.717) is 11.3 Å². The second-order valence-electron chi connectivity index (χ2n) is 6.65. The standard InChI is InChI=1S/C20H24N2O6/c1-3-27-19(24)16-15(11-28-18(23)13-5-4-6-13)21-20(25)22-17(16)12-7-9-14(26-2)10-8-12/h7-10,13,17H,3-6,11H2,1-2H3,(H2,21,22,25)/t17-/m1/s1. The number of ether oxygens (including phenoxy) is 3. The quantitative estimate of drug-likeness (QED) is 0.694. The third-order valence-corrected chi connectivity index (χ3v) is 4.90. The largest absolute Gasteiger partial charge is 0.497 e. The number of carbonyl (C=O) groups excluding carboxylic acids is 3. The van der Waals surface area contributed by atoms with Crippen LogP contribution in [-0.2, 0) is 19.1 Å². The van der Waals surface area contributed by atoms with Gasteiger partial charge < -0.3 is 24.8 Å². The van der Waals surface area contributed by atoms with Crippen molar-refractivity contribution >= 4 is 18.0 Å². The predicted molar refractivity (Wildman–Crippen MR) is 99.4 cm³/mol. The minimum absolute atomic E-state index is 0.0959. The molecule has 8 nitrogen and oxygen atoms in total. The number of nitrogens with one attached hydrogen (secondary N) is 2. The number of urea groups is 1. The highest BCUT2D eigenvalue weighted by molar-refractivity contribution is 5.95. The lowest BCUT2D eigenvalue weighted by molar-refractivity contribution is -0.150. The van der Waals surface area contributed by atoms with E-state index in [1.165, 1.54) is 0 Å². The minimum Gasteiger partial charge on any atom is -0.497 e. The van der Waals surface area contributed by atoms with Gasteiger partial charge in [0.2, 0.25) is 0 Å². The zero-order valence-electron chi connectivity index (χ0n) is 15.9. The first kappa shape index (κ1) is 19.7. The van der Waals surface area contributed by atoms with Gasteiger partial charge >= 0.3 is 18.0 Å². The van der Waals surface area contributed by atoms with E-state index in [4.69, 9.17) is 14.2 Å². The van der Waals surface area contributed by atoms with Crippen molar-refractivity contribution in [3.8, 4) is 5.75 Å². The summed E-state index contributed by atoms with van der Waals surface area (Å²) in [5.74, 6) is -0.331. The van der Waals surface area contributed by atoms with Crippen LogP contribution in [0.1, 0.15) is 37.8 Å². The molecular formula is C20H24N2O6. The van der Waals surface area contributed by atoms with Crippen molar-refractivity contribution < 1.29 is 28.6 Å². The van der Waals surface area contributed by atoms with Crippen molar-refractivity contribution in [1.82, 2.24) is 10.6 Å². The van der Waals surface area contributed by atoms with Gasteiger partial charge in [0.1, 0.15) is 12.4 Å². The summed E-state index contributed by atoms with van der Waals surface area (Å²) < 4.78 is 15.7. The maximum atomic E-state index is 12.6. The number of carbonyl (C=O) groups is 3. The van der Waals surface area contributed by atoms with Crippen molar-refractivity contribution in [2.75, 3.05) is 20.3 Å². The average Bonchev–Trinajstić information content (AvgIpc) is 2.64. The number of hydrogen-bond donors (Lipinski definition) is 2. The Bertz CT molecular complexity index is 782. The molecule has 0 radical (unpaired) electrons. The molecule has 0 unspecified atom stereocenters. The highest BCUT2D eigenvalue weighted by Crippen LogP contribution is 2.30. The average molecular weight is 388 g/mol. The lowest BCUT2D eigenvalue weighted by atomic mass is 9.86. The molecule has 1 aliphatic heterocycles. The Morgan fingerprint density at radius 3 is 2.43 bits per heavy atom. The summed E-state index contributed by atoms with van der Waals surface area (Å²) in [4.78, 5) is 36.9. The van der Waals surface area contributed by atoms with Gasteiger partial charge in [0, 0.05) is 0 Å². The fourth-order valence-corrected chi connectivity index (χ4v) is 3.13. The maximum absolute atomic E-state index is 12.6. The van der Waals surface area contributed by atoms with Crippen LogP contribution in [-0.4, -0.2) is 38.3 Å². The van der Waals surface area contributed by atoms with Gasteiger partial charge in [-0.15, -0.1) is 0 Å². The van der Waals surface area contributed by atoms with Crippen LogP contribution in [0.15, 0.2) is 35.5 Å². The number of amides is 2. The molecule has 8 heteroatoms. The number of methoxy groups -OCH3 is 1. The third-order valence-electron chi connectivity index (χ3n) is 4.90. The van der Waals surface area contributed by atoms with E-state index >= 15 is 0 Å². The normalized spacial score (nSPS) is 19.2. The van der Waals surface area contributed by atoms with E-state index in [9.17, 15) is 14.4 Å². The Balaban J connectivity index is 1.89. The molecule has 28 heavy (non-hydrogen) atoms. The van der Waals surface area contributed by atoms with Gasteiger partial charge in [-0.05, 0) is 37.5 Å². The highest BCUT2D eigenvalue weighted by atomic mass is 16.5. The zero-order valence-corrected chi connectivity index (χ0v) is 15.9. The molecule has 1 aromatic rings. The van der Waals surface area contributed by atoms with Crippen LogP contribution in [0.3, 0.4) is 0 Å². The summed E-state index contributed by atoms with van der Waals surface area (Å²) >= 11 is 0. The number of hydrogen-bond acceptors (Lipinski definition) is 6. The van der Waals surface area contributed by atoms with E-state index in [0.717, 1.165) is 19.3 Å². The van der Waals surface area contributed by atoms with Crippen LogP contribution < -0.4 is 15.4 Å². The van der Waals surface area contributed by atoms with Gasteiger partial charge in [0.25, 0.3) is 0 Å². The van der Waals surface area contributed by atoms with Crippen LogP contribution >= 0.6 is 0 Å². The first-order chi connectivity index (χ1) is 13.5. The Morgan fingerprint density at radius 1 is 1.14 bits per heavy atom. The molecular weight excluding hydrogens is 364 g/mol. The molecule has 2 N–H and O–H groups in total. The molecule has 0 spiro atoms. The number of rotatable bonds is 7. The third kappa shape index (κ3) is 4.27. The smallest absolute Gasteiger partial charge is 0.338 e. The molecule has 3 rings (SSSR count). The zero-order chi connectivity index (χ0) is 20.1. The number of esters is 2. The lowest BCUT2D eigenvalue weighted by Gasteiger charge is -2.30. The van der Waals surface area contributed by atoms with Gasteiger partial charge in [-0.3, -0.25) is 4.79 Å². The van der Waals surface area contributed by atoms with E-state index in [1.807, 2.05) is 0 Å². The van der Waals surface area contributed by atoms with Gasteiger partial charge in [-0.25, -0.2) is 9.59 Å². The van der Waals surface area contributed by atoms with E-state index < -0.39 is 18.0 Å². The second-order valence-corrected chi connectivity index (χ2v) is 6.65. The molecule has 1 aliphatic carbocycles. The maximum Gasteiger partial charge on any atom is 0.338 e. The van der Waals surface area contributed by atoms with E-state index in [-0.39, 0.29) is 36.4 Å².